The maximum atomic E-state index is 13.8. The van der Waals surface area contributed by atoms with Gasteiger partial charge in [-0.3, -0.25) is 4.79 Å². The highest BCUT2D eigenvalue weighted by Gasteiger charge is 2.18. The van der Waals surface area contributed by atoms with Crippen LogP contribution in [-0.4, -0.2) is 35.4 Å². The molecular weight excluding hydrogens is 296 g/mol. The van der Waals surface area contributed by atoms with Gasteiger partial charge < -0.3 is 16.0 Å². The molecule has 0 saturated carbocycles. The Labute approximate surface area is 127 Å². The first-order valence-electron chi connectivity index (χ1n) is 6.80. The smallest absolute Gasteiger partial charge is 0.224 e. The van der Waals surface area contributed by atoms with Crippen LogP contribution in [0.5, 0.6) is 0 Å². The van der Waals surface area contributed by atoms with E-state index < -0.39 is 11.6 Å². The number of amides is 1. The van der Waals surface area contributed by atoms with Gasteiger partial charge >= 0.3 is 0 Å². The van der Waals surface area contributed by atoms with Gasteiger partial charge in [0.15, 0.2) is 11.6 Å². The molecule has 0 aromatic heterocycles. The second kappa shape index (κ2) is 6.80. The Morgan fingerprint density at radius 1 is 1.29 bits per heavy atom. The molecule has 1 aliphatic rings. The molecule has 0 radical (unpaired) electrons. The number of carbonyl (C=O) groups is 1. The minimum absolute atomic E-state index is 0.00159. The maximum Gasteiger partial charge on any atom is 0.224 e. The highest BCUT2D eigenvalue weighted by molar-refractivity contribution is 7.80. The average molecular weight is 313 g/mol. The summed E-state index contributed by atoms with van der Waals surface area (Å²) in [5.41, 5.74) is 5.18. The van der Waals surface area contributed by atoms with Crippen LogP contribution >= 0.6 is 12.2 Å². The summed E-state index contributed by atoms with van der Waals surface area (Å²) < 4.78 is 27.5. The molecule has 0 bridgehead atoms. The molecule has 114 valence electrons. The third kappa shape index (κ3) is 3.66. The summed E-state index contributed by atoms with van der Waals surface area (Å²) in [6.45, 7) is 1.81. The lowest BCUT2D eigenvalue weighted by atomic mass is 10.1. The standard InChI is InChI=1S/C14H17F2N3OS/c15-12-9(14(17)21)3-4-10(13(12)16)18-6-5-11(20)19-7-1-2-8-19/h3-4,18H,1-2,5-8H2,(H2,17,21). The van der Waals surface area contributed by atoms with Crippen molar-refractivity contribution < 1.29 is 13.6 Å². The fourth-order valence-electron chi connectivity index (χ4n) is 2.31. The predicted molar refractivity (Wildman–Crippen MR) is 81.2 cm³/mol. The summed E-state index contributed by atoms with van der Waals surface area (Å²) in [5.74, 6) is -2.08. The van der Waals surface area contributed by atoms with Crippen LogP contribution in [0.3, 0.4) is 0 Å². The monoisotopic (exact) mass is 313 g/mol. The van der Waals surface area contributed by atoms with Crippen molar-refractivity contribution in [2.75, 3.05) is 25.0 Å². The minimum atomic E-state index is -1.07. The summed E-state index contributed by atoms with van der Waals surface area (Å²) in [5, 5.41) is 2.73. The molecule has 1 amide bonds. The van der Waals surface area contributed by atoms with Crippen molar-refractivity contribution in [1.82, 2.24) is 4.90 Å². The fraction of sp³-hybridized carbons (Fsp3) is 0.429. The molecule has 0 unspecified atom stereocenters. The second-order valence-corrected chi connectivity index (χ2v) is 5.36. The molecule has 1 heterocycles. The topological polar surface area (TPSA) is 58.4 Å². The van der Waals surface area contributed by atoms with Gasteiger partial charge in [-0.15, -0.1) is 0 Å². The Morgan fingerprint density at radius 3 is 2.57 bits per heavy atom. The predicted octanol–water partition coefficient (Wildman–Crippen LogP) is 2.02. The van der Waals surface area contributed by atoms with Gasteiger partial charge in [-0.05, 0) is 25.0 Å². The van der Waals surface area contributed by atoms with Crippen molar-refractivity contribution in [3.05, 3.63) is 29.3 Å². The van der Waals surface area contributed by atoms with E-state index in [-0.39, 0.29) is 35.1 Å². The lowest BCUT2D eigenvalue weighted by Crippen LogP contribution is -2.29. The zero-order valence-corrected chi connectivity index (χ0v) is 12.3. The average Bonchev–Trinajstić information content (AvgIpc) is 2.97. The summed E-state index contributed by atoms with van der Waals surface area (Å²) in [6.07, 6.45) is 2.30. The Hall–Kier alpha value is -1.76. The van der Waals surface area contributed by atoms with E-state index in [9.17, 15) is 13.6 Å². The molecule has 3 N–H and O–H groups in total. The molecule has 2 rings (SSSR count). The van der Waals surface area contributed by atoms with Crippen molar-refractivity contribution in [2.45, 2.75) is 19.3 Å². The highest BCUT2D eigenvalue weighted by Crippen LogP contribution is 2.20. The zero-order valence-electron chi connectivity index (χ0n) is 11.5. The molecule has 1 saturated heterocycles. The van der Waals surface area contributed by atoms with Crippen LogP contribution in [0.2, 0.25) is 0 Å². The number of nitrogens with two attached hydrogens (primary N) is 1. The molecule has 1 fully saturated rings. The fourth-order valence-corrected chi connectivity index (χ4v) is 2.46. The molecular formula is C14H17F2N3OS. The Bertz CT molecular complexity index is 559. The Kier molecular flexibility index (Phi) is 5.06. The van der Waals surface area contributed by atoms with E-state index in [2.05, 4.69) is 17.5 Å². The molecule has 1 aromatic rings. The van der Waals surface area contributed by atoms with Gasteiger partial charge in [0.2, 0.25) is 5.91 Å². The second-order valence-electron chi connectivity index (χ2n) is 4.92. The lowest BCUT2D eigenvalue weighted by molar-refractivity contribution is -0.129. The van der Waals surface area contributed by atoms with Crippen molar-refractivity contribution in [3.63, 3.8) is 0 Å². The van der Waals surface area contributed by atoms with Crippen molar-refractivity contribution >= 4 is 28.8 Å². The normalized spacial score (nSPS) is 14.3. The van der Waals surface area contributed by atoms with Gasteiger partial charge in [0.1, 0.15) is 4.99 Å². The van der Waals surface area contributed by atoms with Gasteiger partial charge in [0.05, 0.1) is 5.69 Å². The van der Waals surface area contributed by atoms with Crippen LogP contribution in [0.4, 0.5) is 14.5 Å². The van der Waals surface area contributed by atoms with E-state index in [0.29, 0.717) is 0 Å². The lowest BCUT2D eigenvalue weighted by Gasteiger charge is -2.16. The number of nitrogens with zero attached hydrogens (tertiary/aromatic N) is 1. The molecule has 1 aliphatic heterocycles. The van der Waals surface area contributed by atoms with Gasteiger partial charge in [-0.1, -0.05) is 12.2 Å². The first-order valence-corrected chi connectivity index (χ1v) is 7.21. The third-order valence-electron chi connectivity index (χ3n) is 3.46. The van der Waals surface area contributed by atoms with Gasteiger partial charge in [0.25, 0.3) is 0 Å². The first-order chi connectivity index (χ1) is 10.0. The number of carbonyl (C=O) groups excluding carboxylic acids is 1. The van der Waals surface area contributed by atoms with Crippen LogP contribution in [0.25, 0.3) is 0 Å². The van der Waals surface area contributed by atoms with Gasteiger partial charge in [0, 0.05) is 31.6 Å². The SMILES string of the molecule is NC(=S)c1ccc(NCCC(=O)N2CCCC2)c(F)c1F. The Balaban J connectivity index is 1.93. The van der Waals surface area contributed by atoms with Crippen molar-refractivity contribution in [1.29, 1.82) is 0 Å². The van der Waals surface area contributed by atoms with E-state index in [1.54, 1.807) is 4.90 Å². The minimum Gasteiger partial charge on any atom is -0.389 e. The van der Waals surface area contributed by atoms with E-state index in [0.717, 1.165) is 25.9 Å². The summed E-state index contributed by atoms with van der Waals surface area (Å²) in [7, 11) is 0. The summed E-state index contributed by atoms with van der Waals surface area (Å²) in [6, 6.07) is 2.69. The maximum absolute atomic E-state index is 13.8. The van der Waals surface area contributed by atoms with Gasteiger partial charge in [-0.2, -0.15) is 0 Å². The molecule has 7 heteroatoms. The number of nitrogens with one attached hydrogen (secondary N) is 1. The van der Waals surface area contributed by atoms with Crippen molar-refractivity contribution in [2.24, 2.45) is 5.73 Å². The number of benzene rings is 1. The zero-order chi connectivity index (χ0) is 15.4. The van der Waals surface area contributed by atoms with Crippen LogP contribution in [0, 0.1) is 11.6 Å². The van der Waals surface area contributed by atoms with E-state index in [1.165, 1.54) is 12.1 Å². The summed E-state index contributed by atoms with van der Waals surface area (Å²) in [4.78, 5) is 13.4. The molecule has 21 heavy (non-hydrogen) atoms. The van der Waals surface area contributed by atoms with E-state index in [4.69, 9.17) is 5.73 Å². The molecule has 4 nitrogen and oxygen atoms in total. The molecule has 0 spiro atoms. The largest absolute Gasteiger partial charge is 0.389 e. The van der Waals surface area contributed by atoms with Gasteiger partial charge in [-0.25, -0.2) is 8.78 Å². The van der Waals surface area contributed by atoms with Crippen molar-refractivity contribution in [3.8, 4) is 0 Å². The number of hydrogen-bond acceptors (Lipinski definition) is 3. The molecule has 1 aromatic carbocycles. The highest BCUT2D eigenvalue weighted by atomic mass is 32.1. The number of halogens is 2. The van der Waals surface area contributed by atoms with Crippen LogP contribution in [-0.2, 0) is 4.79 Å². The quantitative estimate of drug-likeness (QED) is 0.817. The van der Waals surface area contributed by atoms with E-state index >= 15 is 0 Å². The number of rotatable bonds is 5. The molecule has 0 atom stereocenters. The number of thiocarbonyl (C=S) groups is 1. The summed E-state index contributed by atoms with van der Waals surface area (Å²) >= 11 is 4.64. The number of anilines is 1. The Morgan fingerprint density at radius 2 is 1.95 bits per heavy atom. The number of likely N-dealkylation sites (tertiary alicyclic amines) is 1. The molecule has 0 aliphatic carbocycles. The third-order valence-corrected chi connectivity index (χ3v) is 3.68. The van der Waals surface area contributed by atoms with E-state index in [1.807, 2.05) is 0 Å². The first kappa shape index (κ1) is 15.6. The van der Waals surface area contributed by atoms with Crippen LogP contribution < -0.4 is 11.1 Å². The van der Waals surface area contributed by atoms with Crippen LogP contribution in [0.1, 0.15) is 24.8 Å². The van der Waals surface area contributed by atoms with Crippen LogP contribution in [0.15, 0.2) is 12.1 Å². The number of hydrogen-bond donors (Lipinski definition) is 2.